The summed E-state index contributed by atoms with van der Waals surface area (Å²) in [6, 6.07) is 1.14. The van der Waals surface area contributed by atoms with Crippen LogP contribution in [0.4, 0.5) is 14.5 Å². The Morgan fingerprint density at radius 1 is 1.36 bits per heavy atom. The van der Waals surface area contributed by atoms with E-state index in [0.29, 0.717) is 13.1 Å². The maximum atomic E-state index is 15.4. The van der Waals surface area contributed by atoms with Crippen molar-refractivity contribution in [3.8, 4) is 0 Å². The van der Waals surface area contributed by atoms with Crippen LogP contribution < -0.4 is 34.3 Å². The number of anilines is 1. The number of quaternary nitrogens is 1. The minimum Gasteiger partial charge on any atom is -1.00 e. The Morgan fingerprint density at radius 3 is 2.54 bits per heavy atom. The van der Waals surface area contributed by atoms with E-state index < -0.39 is 28.6 Å². The molecular formula is C19H24F2IN3O3. The number of benzene rings is 1. The van der Waals surface area contributed by atoms with Gasteiger partial charge in [-0.1, -0.05) is 0 Å². The van der Waals surface area contributed by atoms with Crippen molar-refractivity contribution in [2.24, 2.45) is 0 Å². The number of aromatic nitrogens is 1. The van der Waals surface area contributed by atoms with E-state index >= 15 is 4.39 Å². The smallest absolute Gasteiger partial charge is 0.341 e. The second-order valence-electron chi connectivity index (χ2n) is 7.68. The van der Waals surface area contributed by atoms with Gasteiger partial charge in [0.15, 0.2) is 5.82 Å². The van der Waals surface area contributed by atoms with E-state index in [1.807, 2.05) is 6.92 Å². The number of rotatable bonds is 3. The summed E-state index contributed by atoms with van der Waals surface area (Å²) in [5.74, 6) is -3.08. The number of carboxylic acids is 1. The van der Waals surface area contributed by atoms with E-state index in [0.717, 1.165) is 23.3 Å². The van der Waals surface area contributed by atoms with Gasteiger partial charge in [0.05, 0.1) is 44.6 Å². The molecule has 1 fully saturated rings. The number of hydrogen-bond donors (Lipinski definition) is 1. The van der Waals surface area contributed by atoms with Crippen molar-refractivity contribution in [3.63, 3.8) is 0 Å². The van der Waals surface area contributed by atoms with Gasteiger partial charge in [0.25, 0.3) is 0 Å². The lowest BCUT2D eigenvalue weighted by atomic mass is 10.1. The van der Waals surface area contributed by atoms with Gasteiger partial charge in [-0.15, -0.1) is 0 Å². The third-order valence-corrected chi connectivity index (χ3v) is 5.74. The lowest BCUT2D eigenvalue weighted by Gasteiger charge is -2.45. The molecule has 0 spiro atoms. The minimum atomic E-state index is -1.42. The molecule has 1 atom stereocenters. The van der Waals surface area contributed by atoms with Gasteiger partial charge in [-0.3, -0.25) is 4.79 Å². The molecule has 0 radical (unpaired) electrons. The lowest BCUT2D eigenvalue weighted by molar-refractivity contribution is -0.913. The maximum absolute atomic E-state index is 15.4. The first kappa shape index (κ1) is 22.5. The fourth-order valence-corrected chi connectivity index (χ4v) is 3.60. The highest BCUT2D eigenvalue weighted by atomic mass is 127. The van der Waals surface area contributed by atoms with Crippen LogP contribution in [0.5, 0.6) is 0 Å². The standard InChI is InChI=1S/C19H23F2N3O3.HI/c1-5-22-10-13(19(26)27)18(25)12-8-14(20)17(15(21)16(12)22)23-6-7-24(3,4)11(2)9-23;/h8,10-11H,5-7,9H2,1-4H3;1H. The van der Waals surface area contributed by atoms with Gasteiger partial charge in [-0.25, -0.2) is 13.6 Å². The maximum Gasteiger partial charge on any atom is 0.341 e. The van der Waals surface area contributed by atoms with Gasteiger partial charge >= 0.3 is 5.97 Å². The number of likely N-dealkylation sites (N-methyl/N-ethyl adjacent to an activating group) is 1. The summed E-state index contributed by atoms with van der Waals surface area (Å²) in [5, 5.41) is 8.96. The zero-order chi connectivity index (χ0) is 20.1. The molecule has 0 amide bonds. The van der Waals surface area contributed by atoms with Crippen LogP contribution >= 0.6 is 0 Å². The van der Waals surface area contributed by atoms with Crippen LogP contribution in [-0.2, 0) is 6.54 Å². The first-order valence-corrected chi connectivity index (χ1v) is 8.94. The van der Waals surface area contributed by atoms with Gasteiger partial charge in [0, 0.05) is 12.7 Å². The third kappa shape index (κ3) is 3.61. The molecule has 3 rings (SSSR count). The van der Waals surface area contributed by atoms with Crippen molar-refractivity contribution in [3.05, 3.63) is 39.7 Å². The molecule has 9 heteroatoms. The number of piperazine rings is 1. The highest BCUT2D eigenvalue weighted by Crippen LogP contribution is 2.32. The highest BCUT2D eigenvalue weighted by Gasteiger charge is 2.35. The number of nitrogens with zero attached hydrogens (tertiary/aromatic N) is 3. The second kappa shape index (κ2) is 7.94. The quantitative estimate of drug-likeness (QED) is 0.441. The number of pyridine rings is 1. The minimum absolute atomic E-state index is 0. The first-order valence-electron chi connectivity index (χ1n) is 8.94. The monoisotopic (exact) mass is 507 g/mol. The van der Waals surface area contributed by atoms with Crippen LogP contribution in [0, 0.1) is 11.6 Å². The summed E-state index contributed by atoms with van der Waals surface area (Å²) >= 11 is 0. The first-order chi connectivity index (χ1) is 12.6. The molecule has 1 aromatic heterocycles. The predicted molar refractivity (Wildman–Crippen MR) is 99.4 cm³/mol. The molecule has 0 aliphatic carbocycles. The number of aryl methyl sites for hydroxylation is 1. The molecule has 0 saturated carbocycles. The zero-order valence-electron chi connectivity index (χ0n) is 16.3. The highest BCUT2D eigenvalue weighted by molar-refractivity contribution is 5.93. The van der Waals surface area contributed by atoms with E-state index in [1.165, 1.54) is 4.57 Å². The molecule has 154 valence electrons. The summed E-state index contributed by atoms with van der Waals surface area (Å²) in [6.07, 6.45) is 1.12. The fourth-order valence-electron chi connectivity index (χ4n) is 3.60. The molecule has 1 aromatic carbocycles. The van der Waals surface area contributed by atoms with Crippen molar-refractivity contribution >= 4 is 22.6 Å². The Labute approximate surface area is 179 Å². The molecule has 1 N–H and O–H groups in total. The Morgan fingerprint density at radius 2 is 2.00 bits per heavy atom. The number of halogens is 3. The Balaban J connectivity index is 0.00000280. The molecule has 0 bridgehead atoms. The van der Waals surface area contributed by atoms with E-state index in [9.17, 15) is 19.1 Å². The van der Waals surface area contributed by atoms with Crippen LogP contribution in [0.1, 0.15) is 24.2 Å². The third-order valence-electron chi connectivity index (χ3n) is 5.74. The van der Waals surface area contributed by atoms with E-state index in [-0.39, 0.29) is 53.2 Å². The van der Waals surface area contributed by atoms with Crippen LogP contribution in [0.15, 0.2) is 17.1 Å². The Kier molecular flexibility index (Phi) is 6.39. The van der Waals surface area contributed by atoms with E-state index in [4.69, 9.17) is 0 Å². The average molecular weight is 507 g/mol. The van der Waals surface area contributed by atoms with E-state index in [1.54, 1.807) is 11.8 Å². The summed E-state index contributed by atoms with van der Waals surface area (Å²) in [4.78, 5) is 25.4. The van der Waals surface area contributed by atoms with E-state index in [2.05, 4.69) is 14.1 Å². The summed E-state index contributed by atoms with van der Waals surface area (Å²) in [7, 11) is 4.16. The number of hydrogen-bond acceptors (Lipinski definition) is 3. The van der Waals surface area contributed by atoms with Crippen molar-refractivity contribution in [2.75, 3.05) is 38.6 Å². The van der Waals surface area contributed by atoms with Gasteiger partial charge < -0.3 is 43.0 Å². The number of fused-ring (bicyclic) bond motifs is 1. The normalized spacial score (nSPS) is 18.8. The molecule has 1 saturated heterocycles. The molecule has 6 nitrogen and oxygen atoms in total. The fraction of sp³-hybridized carbons (Fsp3) is 0.474. The topological polar surface area (TPSA) is 62.5 Å². The molecule has 2 aromatic rings. The van der Waals surface area contributed by atoms with Crippen LogP contribution in [0.2, 0.25) is 0 Å². The van der Waals surface area contributed by atoms with Crippen molar-refractivity contribution in [1.82, 2.24) is 4.57 Å². The molecular weight excluding hydrogens is 483 g/mol. The van der Waals surface area contributed by atoms with Gasteiger partial charge in [0.1, 0.15) is 23.1 Å². The Bertz CT molecular complexity index is 991. The van der Waals surface area contributed by atoms with Crippen molar-refractivity contribution < 1.29 is 47.1 Å². The molecule has 2 heterocycles. The van der Waals surface area contributed by atoms with Crippen molar-refractivity contribution in [2.45, 2.75) is 26.4 Å². The summed E-state index contributed by atoms with van der Waals surface area (Å²) in [5.41, 5.74) is -1.59. The molecule has 1 unspecified atom stereocenters. The SMILES string of the molecule is CCn1cc(C(=O)O)c(=O)c2cc(F)c(N3CC[N+](C)(C)C(C)C3)c(F)c21.[I-]. The van der Waals surface area contributed by atoms with Crippen LogP contribution in [0.25, 0.3) is 10.9 Å². The predicted octanol–water partition coefficient (Wildman–Crippen LogP) is -0.713. The van der Waals surface area contributed by atoms with Gasteiger partial charge in [-0.2, -0.15) is 0 Å². The summed E-state index contributed by atoms with van der Waals surface area (Å²) < 4.78 is 32.4. The van der Waals surface area contributed by atoms with Crippen LogP contribution in [0.3, 0.4) is 0 Å². The molecule has 1 aliphatic heterocycles. The van der Waals surface area contributed by atoms with Crippen LogP contribution in [-0.4, -0.2) is 59.9 Å². The molecule has 28 heavy (non-hydrogen) atoms. The van der Waals surface area contributed by atoms with Crippen molar-refractivity contribution in [1.29, 1.82) is 0 Å². The van der Waals surface area contributed by atoms with Gasteiger partial charge in [-0.05, 0) is 19.9 Å². The Hall–Kier alpha value is -1.75. The average Bonchev–Trinajstić information content (AvgIpc) is 2.58. The number of carboxylic acid groups (broad SMARTS) is 1. The zero-order valence-corrected chi connectivity index (χ0v) is 18.5. The number of aromatic carboxylic acids is 1. The lowest BCUT2D eigenvalue weighted by Crippen LogP contribution is -3.00. The molecule has 1 aliphatic rings. The largest absolute Gasteiger partial charge is 1.00 e. The summed E-state index contributed by atoms with van der Waals surface area (Å²) in [6.45, 7) is 5.69. The number of carbonyl (C=O) groups is 1. The second-order valence-corrected chi connectivity index (χ2v) is 7.68. The van der Waals surface area contributed by atoms with Gasteiger partial charge in [0.2, 0.25) is 5.43 Å².